The molecule has 0 radical (unpaired) electrons. The van der Waals surface area contributed by atoms with E-state index in [0.29, 0.717) is 5.41 Å². The number of hydrogen-bond donors (Lipinski definition) is 2. The van der Waals surface area contributed by atoms with Crippen LogP contribution in [0.1, 0.15) is 65.2 Å². The highest BCUT2D eigenvalue weighted by Gasteiger charge is 2.27. The summed E-state index contributed by atoms with van der Waals surface area (Å²) in [5, 5.41) is 3.66. The standard InChI is InChI=1S/C15H32N2/c1-3-14(8-11-16)7-6-12-17-13-15(2)9-4-5-10-15/h14,17H,3-13,16H2,1-2H3. The number of nitrogens with two attached hydrogens (primary N) is 1. The molecule has 1 aliphatic carbocycles. The Labute approximate surface area is 108 Å². The minimum absolute atomic E-state index is 0.599. The average Bonchev–Trinajstić information content (AvgIpc) is 2.74. The first-order valence-corrected chi connectivity index (χ1v) is 7.61. The second-order valence-corrected chi connectivity index (χ2v) is 6.19. The molecule has 1 rings (SSSR count). The van der Waals surface area contributed by atoms with Crippen LogP contribution in [-0.4, -0.2) is 19.6 Å². The van der Waals surface area contributed by atoms with Crippen LogP contribution >= 0.6 is 0 Å². The fraction of sp³-hybridized carbons (Fsp3) is 1.00. The number of nitrogens with one attached hydrogen (secondary N) is 1. The van der Waals surface area contributed by atoms with Gasteiger partial charge in [0.25, 0.3) is 0 Å². The maximum absolute atomic E-state index is 5.62. The van der Waals surface area contributed by atoms with Crippen molar-refractivity contribution in [3.63, 3.8) is 0 Å². The van der Waals surface area contributed by atoms with Gasteiger partial charge < -0.3 is 11.1 Å². The molecule has 0 heterocycles. The van der Waals surface area contributed by atoms with Crippen LogP contribution in [0.5, 0.6) is 0 Å². The Kier molecular flexibility index (Phi) is 7.14. The summed E-state index contributed by atoms with van der Waals surface area (Å²) in [7, 11) is 0. The van der Waals surface area contributed by atoms with E-state index in [0.717, 1.165) is 12.5 Å². The molecule has 17 heavy (non-hydrogen) atoms. The van der Waals surface area contributed by atoms with Gasteiger partial charge in [0.15, 0.2) is 0 Å². The zero-order chi connectivity index (χ0) is 12.6. The van der Waals surface area contributed by atoms with Crippen LogP contribution in [0, 0.1) is 11.3 Å². The number of rotatable bonds is 9. The molecule has 1 saturated carbocycles. The highest BCUT2D eigenvalue weighted by Crippen LogP contribution is 2.36. The van der Waals surface area contributed by atoms with E-state index in [9.17, 15) is 0 Å². The lowest BCUT2D eigenvalue weighted by atomic mass is 9.89. The van der Waals surface area contributed by atoms with Crippen molar-refractivity contribution in [3.8, 4) is 0 Å². The van der Waals surface area contributed by atoms with Gasteiger partial charge in [-0.25, -0.2) is 0 Å². The third-order valence-electron chi connectivity index (χ3n) is 4.48. The highest BCUT2D eigenvalue weighted by molar-refractivity contribution is 4.82. The summed E-state index contributed by atoms with van der Waals surface area (Å²) in [6.45, 7) is 7.99. The van der Waals surface area contributed by atoms with Gasteiger partial charge in [0.2, 0.25) is 0 Å². The molecule has 102 valence electrons. The Bertz CT molecular complexity index is 185. The third kappa shape index (κ3) is 5.87. The molecule has 0 aliphatic heterocycles. The number of hydrogen-bond acceptors (Lipinski definition) is 2. The Balaban J connectivity index is 2.00. The SMILES string of the molecule is CCC(CCN)CCCNCC1(C)CCCC1. The normalized spacial score (nSPS) is 20.6. The molecule has 0 bridgehead atoms. The lowest BCUT2D eigenvalue weighted by molar-refractivity contribution is 0.311. The van der Waals surface area contributed by atoms with Crippen molar-refractivity contribution in [2.75, 3.05) is 19.6 Å². The second-order valence-electron chi connectivity index (χ2n) is 6.19. The summed E-state index contributed by atoms with van der Waals surface area (Å²) in [5.74, 6) is 0.851. The van der Waals surface area contributed by atoms with Crippen molar-refractivity contribution in [2.45, 2.75) is 65.2 Å². The van der Waals surface area contributed by atoms with Crippen molar-refractivity contribution in [2.24, 2.45) is 17.1 Å². The van der Waals surface area contributed by atoms with Crippen LogP contribution in [-0.2, 0) is 0 Å². The van der Waals surface area contributed by atoms with Crippen molar-refractivity contribution in [1.82, 2.24) is 5.32 Å². The molecule has 1 atom stereocenters. The van der Waals surface area contributed by atoms with E-state index in [2.05, 4.69) is 19.2 Å². The predicted octanol–water partition coefficient (Wildman–Crippen LogP) is 3.31. The maximum Gasteiger partial charge on any atom is 0.000516 e. The molecular weight excluding hydrogens is 208 g/mol. The fourth-order valence-electron chi connectivity index (χ4n) is 3.10. The van der Waals surface area contributed by atoms with Crippen LogP contribution < -0.4 is 11.1 Å². The Hall–Kier alpha value is -0.0800. The van der Waals surface area contributed by atoms with E-state index in [4.69, 9.17) is 5.73 Å². The van der Waals surface area contributed by atoms with Gasteiger partial charge in [-0.05, 0) is 56.5 Å². The highest BCUT2D eigenvalue weighted by atomic mass is 14.9. The van der Waals surface area contributed by atoms with Gasteiger partial charge in [0, 0.05) is 6.54 Å². The Morgan fingerprint density at radius 3 is 2.53 bits per heavy atom. The van der Waals surface area contributed by atoms with E-state index in [1.807, 2.05) is 0 Å². The lowest BCUT2D eigenvalue weighted by Crippen LogP contribution is -2.30. The Morgan fingerprint density at radius 2 is 1.94 bits per heavy atom. The Morgan fingerprint density at radius 1 is 1.24 bits per heavy atom. The van der Waals surface area contributed by atoms with Gasteiger partial charge >= 0.3 is 0 Å². The zero-order valence-corrected chi connectivity index (χ0v) is 11.9. The quantitative estimate of drug-likeness (QED) is 0.607. The van der Waals surface area contributed by atoms with Gasteiger partial charge in [0.1, 0.15) is 0 Å². The van der Waals surface area contributed by atoms with E-state index in [1.165, 1.54) is 64.5 Å². The largest absolute Gasteiger partial charge is 0.330 e. The summed E-state index contributed by atoms with van der Waals surface area (Å²) in [4.78, 5) is 0. The van der Waals surface area contributed by atoms with Crippen LogP contribution in [0.4, 0.5) is 0 Å². The molecule has 0 amide bonds. The van der Waals surface area contributed by atoms with Crippen LogP contribution in [0.15, 0.2) is 0 Å². The van der Waals surface area contributed by atoms with E-state index < -0.39 is 0 Å². The maximum atomic E-state index is 5.62. The molecule has 1 aliphatic rings. The molecular formula is C15H32N2. The molecule has 2 heteroatoms. The molecule has 0 aromatic heterocycles. The second kappa shape index (κ2) is 8.10. The fourth-order valence-corrected chi connectivity index (χ4v) is 3.10. The molecule has 0 saturated heterocycles. The smallest absolute Gasteiger partial charge is 0.000516 e. The van der Waals surface area contributed by atoms with Crippen LogP contribution in [0.3, 0.4) is 0 Å². The molecule has 0 aromatic rings. The van der Waals surface area contributed by atoms with Gasteiger partial charge in [-0.15, -0.1) is 0 Å². The first kappa shape index (κ1) is 15.0. The van der Waals surface area contributed by atoms with Crippen molar-refractivity contribution < 1.29 is 0 Å². The lowest BCUT2D eigenvalue weighted by Gasteiger charge is -2.24. The average molecular weight is 240 g/mol. The van der Waals surface area contributed by atoms with Crippen LogP contribution in [0.25, 0.3) is 0 Å². The third-order valence-corrected chi connectivity index (χ3v) is 4.48. The summed E-state index contributed by atoms with van der Waals surface area (Å²) < 4.78 is 0. The monoisotopic (exact) mass is 240 g/mol. The van der Waals surface area contributed by atoms with Crippen LogP contribution in [0.2, 0.25) is 0 Å². The van der Waals surface area contributed by atoms with Crippen molar-refractivity contribution in [1.29, 1.82) is 0 Å². The molecule has 1 unspecified atom stereocenters. The predicted molar refractivity (Wildman–Crippen MR) is 76.1 cm³/mol. The summed E-state index contributed by atoms with van der Waals surface area (Å²) in [6.07, 6.45) is 10.9. The van der Waals surface area contributed by atoms with E-state index >= 15 is 0 Å². The van der Waals surface area contributed by atoms with Crippen molar-refractivity contribution in [3.05, 3.63) is 0 Å². The van der Waals surface area contributed by atoms with Gasteiger partial charge in [-0.1, -0.05) is 33.1 Å². The van der Waals surface area contributed by atoms with Gasteiger partial charge in [0.05, 0.1) is 0 Å². The zero-order valence-electron chi connectivity index (χ0n) is 11.9. The molecule has 1 fully saturated rings. The molecule has 0 spiro atoms. The topological polar surface area (TPSA) is 38.0 Å². The molecule has 3 N–H and O–H groups in total. The summed E-state index contributed by atoms with van der Waals surface area (Å²) in [5.41, 5.74) is 6.22. The summed E-state index contributed by atoms with van der Waals surface area (Å²) >= 11 is 0. The van der Waals surface area contributed by atoms with Gasteiger partial charge in [-0.2, -0.15) is 0 Å². The van der Waals surface area contributed by atoms with E-state index in [1.54, 1.807) is 0 Å². The first-order valence-electron chi connectivity index (χ1n) is 7.61. The summed E-state index contributed by atoms with van der Waals surface area (Å²) in [6, 6.07) is 0. The minimum Gasteiger partial charge on any atom is -0.330 e. The molecule has 2 nitrogen and oxygen atoms in total. The minimum atomic E-state index is 0.599. The molecule has 0 aromatic carbocycles. The first-order chi connectivity index (χ1) is 8.20. The van der Waals surface area contributed by atoms with E-state index in [-0.39, 0.29) is 0 Å². The van der Waals surface area contributed by atoms with Crippen molar-refractivity contribution >= 4 is 0 Å². The van der Waals surface area contributed by atoms with Gasteiger partial charge in [-0.3, -0.25) is 0 Å².